The number of ether oxygens (including phenoxy) is 1. The fourth-order valence-electron chi connectivity index (χ4n) is 4.24. The minimum atomic E-state index is -1.75. The highest BCUT2D eigenvalue weighted by Gasteiger charge is 2.45. The molecule has 9 nitrogen and oxygen atoms in total. The van der Waals surface area contributed by atoms with Gasteiger partial charge >= 0.3 is 5.97 Å². The summed E-state index contributed by atoms with van der Waals surface area (Å²) in [7, 11) is 1.03. The number of esters is 1. The van der Waals surface area contributed by atoms with Crippen LogP contribution in [0, 0.1) is 44.6 Å². The van der Waals surface area contributed by atoms with Gasteiger partial charge in [-0.15, -0.1) is 0 Å². The number of methoxy groups -OCH3 is 1. The van der Waals surface area contributed by atoms with E-state index in [1.165, 1.54) is 36.9 Å². The summed E-state index contributed by atoms with van der Waals surface area (Å²) in [5.41, 5.74) is -1.59. The van der Waals surface area contributed by atoms with Crippen LogP contribution in [0.25, 0.3) is 0 Å². The monoisotopic (exact) mass is 491 g/mol. The molecule has 12 heteroatoms. The molecule has 2 aromatic carbocycles. The molecule has 0 N–H and O–H groups in total. The van der Waals surface area contributed by atoms with Gasteiger partial charge in [-0.25, -0.2) is 18.0 Å². The normalized spacial score (nSPS) is 16.0. The molecule has 0 radical (unpaired) electrons. The maximum Gasteiger partial charge on any atom is 0.336 e. The largest absolute Gasteiger partial charge is 0.466 e. The van der Waals surface area contributed by atoms with Crippen molar-refractivity contribution in [2.45, 2.75) is 33.2 Å². The van der Waals surface area contributed by atoms with Crippen LogP contribution in [0.1, 0.15) is 36.5 Å². The number of nitrogens with zero attached hydrogens (tertiary/aromatic N) is 3. The Morgan fingerprint density at radius 1 is 1.03 bits per heavy atom. The molecule has 35 heavy (non-hydrogen) atoms. The lowest BCUT2D eigenvalue weighted by molar-refractivity contribution is -0.432. The van der Waals surface area contributed by atoms with Crippen LogP contribution in [-0.4, -0.2) is 27.8 Å². The van der Waals surface area contributed by atoms with Crippen LogP contribution in [0.2, 0.25) is 0 Å². The Hall–Kier alpha value is -4.22. The fraction of sp³-hybridized carbons (Fsp3) is 0.261. The van der Waals surface area contributed by atoms with Crippen molar-refractivity contribution in [3.8, 4) is 0 Å². The van der Waals surface area contributed by atoms with Crippen LogP contribution in [0.5, 0.6) is 0 Å². The molecule has 1 aliphatic rings. The van der Waals surface area contributed by atoms with Gasteiger partial charge in [0.15, 0.2) is 17.5 Å². The van der Waals surface area contributed by atoms with Gasteiger partial charge < -0.3 is 9.64 Å². The summed E-state index contributed by atoms with van der Waals surface area (Å²) in [6.45, 7) is 3.68. The summed E-state index contributed by atoms with van der Waals surface area (Å²) < 4.78 is 47.2. The molecule has 0 saturated heterocycles. The van der Waals surface area contributed by atoms with Gasteiger partial charge in [0.25, 0.3) is 11.4 Å². The first kappa shape index (κ1) is 25.4. The number of nitro benzene ring substituents is 1. The summed E-state index contributed by atoms with van der Waals surface area (Å²) in [6, 6.07) is 6.36. The lowest BCUT2D eigenvalue weighted by atomic mass is 9.81. The second-order valence-electron chi connectivity index (χ2n) is 7.82. The molecule has 0 fully saturated rings. The zero-order valence-corrected chi connectivity index (χ0v) is 19.1. The number of nitro groups is 2. The molecule has 1 heterocycles. The Balaban J connectivity index is 2.32. The van der Waals surface area contributed by atoms with Gasteiger partial charge in [-0.1, -0.05) is 18.2 Å². The molecule has 184 valence electrons. The molecule has 0 saturated carbocycles. The van der Waals surface area contributed by atoms with E-state index >= 15 is 0 Å². The molecule has 0 spiro atoms. The third kappa shape index (κ3) is 4.34. The predicted molar refractivity (Wildman–Crippen MR) is 117 cm³/mol. The van der Waals surface area contributed by atoms with Gasteiger partial charge in [-0.3, -0.25) is 20.2 Å². The van der Waals surface area contributed by atoms with Crippen molar-refractivity contribution >= 4 is 11.7 Å². The molecular weight excluding hydrogens is 471 g/mol. The van der Waals surface area contributed by atoms with Gasteiger partial charge in [0.1, 0.15) is 5.92 Å². The summed E-state index contributed by atoms with van der Waals surface area (Å²) in [5, 5.41) is 23.7. The number of carbonyl (C=O) groups excluding carboxylic acids is 1. The zero-order chi connectivity index (χ0) is 26.2. The average molecular weight is 491 g/mol. The van der Waals surface area contributed by atoms with E-state index in [9.17, 15) is 38.2 Å². The molecule has 1 aliphatic heterocycles. The highest BCUT2D eigenvalue weighted by molar-refractivity contribution is 5.92. The van der Waals surface area contributed by atoms with Crippen molar-refractivity contribution in [1.82, 2.24) is 4.90 Å². The minimum absolute atomic E-state index is 0.0205. The first-order valence-corrected chi connectivity index (χ1v) is 10.2. The number of halogens is 3. The Bertz CT molecular complexity index is 1320. The highest BCUT2D eigenvalue weighted by atomic mass is 19.2. The fourth-order valence-corrected chi connectivity index (χ4v) is 4.24. The van der Waals surface area contributed by atoms with Crippen molar-refractivity contribution in [3.63, 3.8) is 0 Å². The predicted octanol–water partition coefficient (Wildman–Crippen LogP) is 4.88. The van der Waals surface area contributed by atoms with Crippen molar-refractivity contribution in [1.29, 1.82) is 0 Å². The van der Waals surface area contributed by atoms with Gasteiger partial charge in [0.2, 0.25) is 0 Å². The topological polar surface area (TPSA) is 116 Å². The Morgan fingerprint density at radius 3 is 2.23 bits per heavy atom. The van der Waals surface area contributed by atoms with E-state index in [0.717, 1.165) is 14.0 Å². The third-order valence-electron chi connectivity index (χ3n) is 6.01. The molecule has 1 atom stereocenters. The van der Waals surface area contributed by atoms with Crippen molar-refractivity contribution in [3.05, 3.63) is 107 Å². The molecule has 0 bridgehead atoms. The molecular formula is C23H20F3N3O6. The second-order valence-corrected chi connectivity index (χ2v) is 7.82. The van der Waals surface area contributed by atoms with Crippen LogP contribution < -0.4 is 0 Å². The standard InChI is InChI=1S/C23H20F3N3O6/c1-11-15(9-16(24)21(26)20(11)25)19-18(23(30)35-4)12(2)27(13(3)22(19)29(33)34)10-14-7-5-6-8-17(14)28(31)32/h5-9,19H,10H2,1-4H3. The van der Waals surface area contributed by atoms with E-state index in [4.69, 9.17) is 4.74 Å². The molecule has 1 unspecified atom stereocenters. The second kappa shape index (κ2) is 9.57. The van der Waals surface area contributed by atoms with E-state index in [-0.39, 0.29) is 40.3 Å². The lowest BCUT2D eigenvalue weighted by Gasteiger charge is -2.35. The summed E-state index contributed by atoms with van der Waals surface area (Å²) in [6.07, 6.45) is 0. The van der Waals surface area contributed by atoms with Crippen molar-refractivity contribution < 1.29 is 32.5 Å². The summed E-state index contributed by atoms with van der Waals surface area (Å²) in [5.74, 6) is -7.47. The maximum absolute atomic E-state index is 14.4. The number of carbonyl (C=O) groups is 1. The minimum Gasteiger partial charge on any atom is -0.466 e. The van der Waals surface area contributed by atoms with Crippen molar-refractivity contribution in [2.24, 2.45) is 0 Å². The van der Waals surface area contributed by atoms with Gasteiger partial charge in [-0.05, 0) is 38.0 Å². The lowest BCUT2D eigenvalue weighted by Crippen LogP contribution is -2.35. The van der Waals surface area contributed by atoms with E-state index in [2.05, 4.69) is 0 Å². The molecule has 0 aromatic heterocycles. The molecule has 2 aromatic rings. The van der Waals surface area contributed by atoms with Crippen LogP contribution in [0.15, 0.2) is 53.0 Å². The van der Waals surface area contributed by atoms with E-state index in [1.54, 1.807) is 6.07 Å². The number of para-hydroxylation sites is 1. The van der Waals surface area contributed by atoms with E-state index < -0.39 is 50.4 Å². The van der Waals surface area contributed by atoms with Gasteiger partial charge in [0, 0.05) is 17.3 Å². The molecule has 0 amide bonds. The summed E-state index contributed by atoms with van der Waals surface area (Å²) >= 11 is 0. The Labute approximate surface area is 197 Å². The quantitative estimate of drug-likeness (QED) is 0.245. The Morgan fingerprint density at radius 2 is 1.66 bits per heavy atom. The Kier molecular flexibility index (Phi) is 6.94. The number of hydrogen-bond acceptors (Lipinski definition) is 7. The first-order chi connectivity index (χ1) is 16.4. The summed E-state index contributed by atoms with van der Waals surface area (Å²) in [4.78, 5) is 36.4. The number of allylic oxidation sites excluding steroid dienone is 3. The SMILES string of the molecule is COC(=O)C1=C(C)N(Cc2ccccc2[N+](=O)[O-])C(C)=C([N+](=O)[O-])C1c1cc(F)c(F)c(F)c1C. The van der Waals surface area contributed by atoms with Crippen LogP contribution in [0.3, 0.4) is 0 Å². The van der Waals surface area contributed by atoms with Crippen LogP contribution in [0.4, 0.5) is 18.9 Å². The molecule has 3 rings (SSSR count). The number of rotatable bonds is 6. The average Bonchev–Trinajstić information content (AvgIpc) is 2.81. The van der Waals surface area contributed by atoms with Crippen LogP contribution >= 0.6 is 0 Å². The first-order valence-electron chi connectivity index (χ1n) is 10.2. The van der Waals surface area contributed by atoms with E-state index in [0.29, 0.717) is 6.07 Å². The smallest absolute Gasteiger partial charge is 0.336 e. The van der Waals surface area contributed by atoms with Gasteiger partial charge in [0.05, 0.1) is 34.8 Å². The third-order valence-corrected chi connectivity index (χ3v) is 6.01. The molecule has 0 aliphatic carbocycles. The maximum atomic E-state index is 14.4. The number of hydrogen-bond donors (Lipinski definition) is 0. The number of benzene rings is 2. The van der Waals surface area contributed by atoms with Crippen molar-refractivity contribution in [2.75, 3.05) is 7.11 Å². The zero-order valence-electron chi connectivity index (χ0n) is 19.1. The van der Waals surface area contributed by atoms with Gasteiger partial charge in [-0.2, -0.15) is 0 Å². The van der Waals surface area contributed by atoms with E-state index in [1.807, 2.05) is 0 Å². The van der Waals surface area contributed by atoms with Crippen LogP contribution in [-0.2, 0) is 16.1 Å². The highest BCUT2D eigenvalue weighted by Crippen LogP contribution is 2.45.